The van der Waals surface area contributed by atoms with E-state index in [2.05, 4.69) is 15.3 Å². The number of amides is 3. The predicted molar refractivity (Wildman–Crippen MR) is 113 cm³/mol. The molecule has 0 fully saturated rings. The standard InChI is InChI=1S/C22H20N4O3S/c1-13(2)18(26-21(28)15-7-3-4-8-16(15)22(26)29)19(27)24-11-14-12-30-20(25-14)17-9-5-6-10-23-17/h3-10,12-13,18H,11H2,1-2H3,(H,24,27). The van der Waals surface area contributed by atoms with Crippen molar-refractivity contribution < 1.29 is 14.4 Å². The summed E-state index contributed by atoms with van der Waals surface area (Å²) in [6.45, 7) is 3.83. The van der Waals surface area contributed by atoms with Crippen LogP contribution in [0.1, 0.15) is 40.3 Å². The molecule has 1 aromatic carbocycles. The third-order valence-electron chi connectivity index (χ3n) is 4.88. The topological polar surface area (TPSA) is 92.3 Å². The van der Waals surface area contributed by atoms with Crippen molar-refractivity contribution >= 4 is 29.1 Å². The van der Waals surface area contributed by atoms with Crippen LogP contribution in [0.4, 0.5) is 0 Å². The minimum absolute atomic E-state index is 0.203. The zero-order valence-electron chi connectivity index (χ0n) is 16.5. The quantitative estimate of drug-likeness (QED) is 0.619. The van der Waals surface area contributed by atoms with E-state index in [1.807, 2.05) is 37.4 Å². The lowest BCUT2D eigenvalue weighted by Gasteiger charge is -2.28. The van der Waals surface area contributed by atoms with Gasteiger partial charge >= 0.3 is 0 Å². The number of nitrogens with zero attached hydrogens (tertiary/aromatic N) is 3. The van der Waals surface area contributed by atoms with Crippen molar-refractivity contribution in [1.82, 2.24) is 20.2 Å². The number of benzene rings is 1. The zero-order valence-corrected chi connectivity index (χ0v) is 17.3. The molecule has 1 atom stereocenters. The van der Waals surface area contributed by atoms with E-state index < -0.39 is 17.9 Å². The molecule has 7 nitrogen and oxygen atoms in total. The van der Waals surface area contributed by atoms with Crippen LogP contribution >= 0.6 is 11.3 Å². The summed E-state index contributed by atoms with van der Waals surface area (Å²) >= 11 is 1.44. The second-order valence-corrected chi connectivity index (χ2v) is 8.15. The minimum atomic E-state index is -0.897. The van der Waals surface area contributed by atoms with Gasteiger partial charge in [-0.1, -0.05) is 32.0 Å². The molecule has 1 aliphatic rings. The Balaban J connectivity index is 1.49. The predicted octanol–water partition coefficient (Wildman–Crippen LogP) is 3.14. The van der Waals surface area contributed by atoms with Crippen LogP contribution in [0, 0.1) is 5.92 Å². The van der Waals surface area contributed by atoms with Gasteiger partial charge in [0.2, 0.25) is 5.91 Å². The van der Waals surface area contributed by atoms with Crippen LogP contribution in [0.3, 0.4) is 0 Å². The molecular formula is C22H20N4O3S. The van der Waals surface area contributed by atoms with Gasteiger partial charge in [0, 0.05) is 11.6 Å². The van der Waals surface area contributed by atoms with Crippen molar-refractivity contribution in [3.63, 3.8) is 0 Å². The number of thiazole rings is 1. The van der Waals surface area contributed by atoms with Crippen LogP contribution in [0.15, 0.2) is 54.0 Å². The minimum Gasteiger partial charge on any atom is -0.349 e. The van der Waals surface area contributed by atoms with Gasteiger partial charge in [-0.3, -0.25) is 24.3 Å². The number of pyridine rings is 1. The number of fused-ring (bicyclic) bond motifs is 1. The second-order valence-electron chi connectivity index (χ2n) is 7.29. The molecule has 2 aromatic heterocycles. The molecule has 0 bridgehead atoms. The monoisotopic (exact) mass is 420 g/mol. The fraction of sp³-hybridized carbons (Fsp3) is 0.227. The Morgan fingerprint density at radius 1 is 1.07 bits per heavy atom. The molecule has 0 saturated heterocycles. The van der Waals surface area contributed by atoms with E-state index >= 15 is 0 Å². The molecule has 0 aliphatic carbocycles. The van der Waals surface area contributed by atoms with Crippen molar-refractivity contribution in [1.29, 1.82) is 0 Å². The van der Waals surface area contributed by atoms with Gasteiger partial charge in [-0.15, -0.1) is 11.3 Å². The van der Waals surface area contributed by atoms with E-state index in [9.17, 15) is 14.4 Å². The van der Waals surface area contributed by atoms with Gasteiger partial charge in [0.25, 0.3) is 11.8 Å². The van der Waals surface area contributed by atoms with E-state index in [1.54, 1.807) is 30.5 Å². The Labute approximate surface area is 177 Å². The normalized spacial score (nSPS) is 14.2. The molecule has 3 amide bonds. The summed E-state index contributed by atoms with van der Waals surface area (Å²) in [6, 6.07) is 11.3. The molecule has 152 valence electrons. The smallest absolute Gasteiger partial charge is 0.262 e. The molecular weight excluding hydrogens is 400 g/mol. The Morgan fingerprint density at radius 3 is 2.33 bits per heavy atom. The Morgan fingerprint density at radius 2 is 1.73 bits per heavy atom. The van der Waals surface area contributed by atoms with E-state index in [-0.39, 0.29) is 18.4 Å². The first-order valence-corrected chi connectivity index (χ1v) is 10.5. The molecule has 1 unspecified atom stereocenters. The number of imide groups is 1. The van der Waals surface area contributed by atoms with Gasteiger partial charge in [-0.05, 0) is 30.2 Å². The lowest BCUT2D eigenvalue weighted by molar-refractivity contribution is -0.126. The van der Waals surface area contributed by atoms with Gasteiger partial charge in [0.15, 0.2) is 0 Å². The molecule has 3 heterocycles. The number of rotatable bonds is 6. The molecule has 3 aromatic rings. The average molecular weight is 420 g/mol. The summed E-state index contributed by atoms with van der Waals surface area (Å²) in [5.41, 5.74) is 2.13. The van der Waals surface area contributed by atoms with Crippen LogP contribution in [-0.4, -0.2) is 38.6 Å². The maximum Gasteiger partial charge on any atom is 0.262 e. The van der Waals surface area contributed by atoms with Crippen molar-refractivity contribution in [2.45, 2.75) is 26.4 Å². The van der Waals surface area contributed by atoms with Crippen LogP contribution in [0.2, 0.25) is 0 Å². The summed E-state index contributed by atoms with van der Waals surface area (Å²) in [5.74, 6) is -1.50. The van der Waals surface area contributed by atoms with Crippen molar-refractivity contribution in [2.24, 2.45) is 5.92 Å². The first kappa shape index (κ1) is 19.9. The molecule has 1 aliphatic heterocycles. The molecule has 30 heavy (non-hydrogen) atoms. The summed E-state index contributed by atoms with van der Waals surface area (Å²) in [7, 11) is 0. The lowest BCUT2D eigenvalue weighted by Crippen LogP contribution is -2.52. The largest absolute Gasteiger partial charge is 0.349 e. The Bertz CT molecular complexity index is 1080. The lowest BCUT2D eigenvalue weighted by atomic mass is 10.0. The maximum atomic E-state index is 13.0. The van der Waals surface area contributed by atoms with Gasteiger partial charge in [-0.2, -0.15) is 0 Å². The van der Waals surface area contributed by atoms with E-state index in [1.165, 1.54) is 11.3 Å². The summed E-state index contributed by atoms with van der Waals surface area (Å²) < 4.78 is 0. The van der Waals surface area contributed by atoms with Gasteiger partial charge in [-0.25, -0.2) is 4.98 Å². The molecule has 4 rings (SSSR count). The summed E-state index contributed by atoms with van der Waals surface area (Å²) in [5, 5.41) is 5.45. The number of hydrogen-bond donors (Lipinski definition) is 1. The summed E-state index contributed by atoms with van der Waals surface area (Å²) in [6.07, 6.45) is 1.70. The highest BCUT2D eigenvalue weighted by atomic mass is 32.1. The first-order valence-electron chi connectivity index (χ1n) is 9.58. The van der Waals surface area contributed by atoms with Crippen LogP contribution in [-0.2, 0) is 11.3 Å². The SMILES string of the molecule is CC(C)C(C(=O)NCc1csc(-c2ccccn2)n1)N1C(=O)c2ccccc2C1=O. The number of nitrogens with one attached hydrogen (secondary N) is 1. The fourth-order valence-corrected chi connectivity index (χ4v) is 4.25. The highest BCUT2D eigenvalue weighted by Gasteiger charge is 2.43. The van der Waals surface area contributed by atoms with Crippen LogP contribution in [0.25, 0.3) is 10.7 Å². The number of aromatic nitrogens is 2. The third-order valence-corrected chi connectivity index (χ3v) is 5.80. The highest BCUT2D eigenvalue weighted by Crippen LogP contribution is 2.27. The van der Waals surface area contributed by atoms with Crippen LogP contribution < -0.4 is 5.32 Å². The van der Waals surface area contributed by atoms with Gasteiger partial charge in [0.05, 0.1) is 29.1 Å². The number of hydrogen-bond acceptors (Lipinski definition) is 6. The third kappa shape index (κ3) is 3.61. The fourth-order valence-electron chi connectivity index (χ4n) is 3.46. The van der Waals surface area contributed by atoms with Gasteiger partial charge < -0.3 is 5.32 Å². The molecule has 8 heteroatoms. The Hall–Kier alpha value is -3.39. The first-order chi connectivity index (χ1) is 14.5. The van der Waals surface area contributed by atoms with Crippen LogP contribution in [0.5, 0.6) is 0 Å². The second kappa shape index (κ2) is 8.16. The molecule has 0 radical (unpaired) electrons. The highest BCUT2D eigenvalue weighted by molar-refractivity contribution is 7.13. The summed E-state index contributed by atoms with van der Waals surface area (Å²) in [4.78, 5) is 48.4. The van der Waals surface area contributed by atoms with Crippen molar-refractivity contribution in [3.05, 3.63) is 70.9 Å². The number of carbonyl (C=O) groups is 3. The van der Waals surface area contributed by atoms with Crippen molar-refractivity contribution in [3.8, 4) is 10.7 Å². The Kier molecular flexibility index (Phi) is 5.41. The van der Waals surface area contributed by atoms with Gasteiger partial charge in [0.1, 0.15) is 11.0 Å². The molecule has 0 saturated carbocycles. The number of carbonyl (C=O) groups excluding carboxylic acids is 3. The van der Waals surface area contributed by atoms with E-state index in [0.717, 1.165) is 15.6 Å². The van der Waals surface area contributed by atoms with Crippen molar-refractivity contribution in [2.75, 3.05) is 0 Å². The molecule has 0 spiro atoms. The van der Waals surface area contributed by atoms with E-state index in [0.29, 0.717) is 16.8 Å². The average Bonchev–Trinajstić information content (AvgIpc) is 3.32. The molecule has 1 N–H and O–H groups in total. The zero-order chi connectivity index (χ0) is 21.3. The van der Waals surface area contributed by atoms with E-state index in [4.69, 9.17) is 0 Å². The maximum absolute atomic E-state index is 13.0.